The standard InChI is InChI=1S/C31H50O2/c1-19-11-15-29(6)16-12-23-22(27(29)20(19)2)9-10-25-30(23,7)17-13-24-28(4,5)26(33-21(3)32)14-18-31(24,25)8/h11,20,22-27H,9-10,12-18H2,1-8H3. The lowest BCUT2D eigenvalue weighted by Gasteiger charge is -2.70. The molecule has 0 radical (unpaired) electrons. The Morgan fingerprint density at radius 3 is 2.30 bits per heavy atom. The van der Waals surface area contributed by atoms with Crippen LogP contribution in [-0.4, -0.2) is 12.1 Å². The fourth-order valence-corrected chi connectivity index (χ4v) is 11.3. The predicted molar refractivity (Wildman–Crippen MR) is 136 cm³/mol. The fourth-order valence-electron chi connectivity index (χ4n) is 11.3. The average molecular weight is 455 g/mol. The predicted octanol–water partition coefficient (Wildman–Crippen LogP) is 8.21. The molecule has 0 aliphatic heterocycles. The molecule has 0 aromatic rings. The van der Waals surface area contributed by atoms with Gasteiger partial charge in [-0.15, -0.1) is 0 Å². The number of esters is 1. The van der Waals surface area contributed by atoms with Crippen molar-refractivity contribution in [3.8, 4) is 0 Å². The summed E-state index contributed by atoms with van der Waals surface area (Å²) < 4.78 is 5.90. The van der Waals surface area contributed by atoms with Gasteiger partial charge in [-0.25, -0.2) is 0 Å². The topological polar surface area (TPSA) is 26.3 Å². The zero-order valence-electron chi connectivity index (χ0n) is 22.8. The zero-order valence-corrected chi connectivity index (χ0v) is 22.8. The number of rotatable bonds is 1. The van der Waals surface area contributed by atoms with Crippen LogP contribution in [0.15, 0.2) is 11.6 Å². The second-order valence-electron chi connectivity index (χ2n) is 14.6. The average Bonchev–Trinajstić information content (AvgIpc) is 2.72. The quantitative estimate of drug-likeness (QED) is 0.295. The highest BCUT2D eigenvalue weighted by Gasteiger charge is 2.66. The van der Waals surface area contributed by atoms with E-state index in [1.54, 1.807) is 12.5 Å². The van der Waals surface area contributed by atoms with Gasteiger partial charge in [0.2, 0.25) is 0 Å². The molecule has 2 heteroatoms. The summed E-state index contributed by atoms with van der Waals surface area (Å²) in [5.41, 5.74) is 3.12. The largest absolute Gasteiger partial charge is 0.462 e. The SMILES string of the molecule is CC(=O)OC1CCC2(C)C(CCC3(C)C4CCC5(C)CC=C(C)C(C)C5C4CCC32)C1(C)C. The molecule has 5 aliphatic rings. The number of hydrogen-bond acceptors (Lipinski definition) is 2. The van der Waals surface area contributed by atoms with Crippen LogP contribution in [0.5, 0.6) is 0 Å². The van der Waals surface area contributed by atoms with E-state index in [0.717, 1.165) is 36.0 Å². The van der Waals surface area contributed by atoms with Crippen LogP contribution in [-0.2, 0) is 9.53 Å². The second-order valence-corrected chi connectivity index (χ2v) is 14.6. The number of carbonyl (C=O) groups excluding carboxylic acids is 1. The minimum absolute atomic E-state index is 0.0712. The fraction of sp³-hybridized carbons (Fsp3) is 0.903. The molecule has 0 aromatic heterocycles. The van der Waals surface area contributed by atoms with Gasteiger partial charge >= 0.3 is 5.97 Å². The van der Waals surface area contributed by atoms with Crippen LogP contribution >= 0.6 is 0 Å². The number of hydrogen-bond donors (Lipinski definition) is 0. The first kappa shape index (κ1) is 23.9. The van der Waals surface area contributed by atoms with Crippen molar-refractivity contribution in [2.75, 3.05) is 0 Å². The third-order valence-electron chi connectivity index (χ3n) is 12.9. The molecule has 33 heavy (non-hydrogen) atoms. The van der Waals surface area contributed by atoms with Gasteiger partial charge in [0.15, 0.2) is 0 Å². The molecule has 10 unspecified atom stereocenters. The summed E-state index contributed by atoms with van der Waals surface area (Å²) in [6.45, 7) is 19.3. The Labute approximate surface area is 203 Å². The molecule has 5 rings (SSSR count). The van der Waals surface area contributed by atoms with Crippen molar-refractivity contribution in [3.05, 3.63) is 11.6 Å². The van der Waals surface area contributed by atoms with E-state index in [-0.39, 0.29) is 17.5 Å². The van der Waals surface area contributed by atoms with E-state index in [1.807, 2.05) is 0 Å². The number of carbonyl (C=O) groups is 1. The van der Waals surface area contributed by atoms with Crippen molar-refractivity contribution in [2.45, 2.75) is 119 Å². The highest BCUT2D eigenvalue weighted by Crippen LogP contribution is 2.73. The van der Waals surface area contributed by atoms with Crippen LogP contribution in [0.25, 0.3) is 0 Å². The van der Waals surface area contributed by atoms with Gasteiger partial charge in [0.05, 0.1) is 0 Å². The number of ether oxygens (including phenoxy) is 1. The highest BCUT2D eigenvalue weighted by atomic mass is 16.5. The summed E-state index contributed by atoms with van der Waals surface area (Å²) in [6.07, 6.45) is 14.7. The molecule has 0 aromatic carbocycles. The number of fused-ring (bicyclic) bond motifs is 7. The van der Waals surface area contributed by atoms with Crippen molar-refractivity contribution in [1.82, 2.24) is 0 Å². The van der Waals surface area contributed by atoms with E-state index in [2.05, 4.69) is 54.5 Å². The van der Waals surface area contributed by atoms with Crippen LogP contribution in [0.1, 0.15) is 113 Å². The molecule has 0 bridgehead atoms. The van der Waals surface area contributed by atoms with E-state index < -0.39 is 0 Å². The molecule has 0 amide bonds. The van der Waals surface area contributed by atoms with Crippen LogP contribution in [0.2, 0.25) is 0 Å². The maximum atomic E-state index is 11.8. The highest BCUT2D eigenvalue weighted by molar-refractivity contribution is 5.66. The summed E-state index contributed by atoms with van der Waals surface area (Å²) in [5.74, 6) is 4.81. The van der Waals surface area contributed by atoms with Gasteiger partial charge < -0.3 is 4.74 Å². The first-order valence-electron chi connectivity index (χ1n) is 14.2. The molecular formula is C31H50O2. The van der Waals surface area contributed by atoms with Crippen LogP contribution in [0, 0.1) is 57.2 Å². The van der Waals surface area contributed by atoms with Gasteiger partial charge in [0.1, 0.15) is 6.10 Å². The van der Waals surface area contributed by atoms with Crippen molar-refractivity contribution in [3.63, 3.8) is 0 Å². The Hall–Kier alpha value is -0.790. The van der Waals surface area contributed by atoms with Crippen molar-refractivity contribution in [2.24, 2.45) is 57.2 Å². The van der Waals surface area contributed by atoms with Gasteiger partial charge in [-0.1, -0.05) is 53.2 Å². The molecule has 2 nitrogen and oxygen atoms in total. The maximum absolute atomic E-state index is 11.8. The summed E-state index contributed by atoms with van der Waals surface area (Å²) in [7, 11) is 0. The maximum Gasteiger partial charge on any atom is 0.302 e. The Kier molecular flexibility index (Phi) is 5.51. The first-order chi connectivity index (χ1) is 15.3. The zero-order chi connectivity index (χ0) is 24.0. The van der Waals surface area contributed by atoms with Gasteiger partial charge in [-0.05, 0) is 116 Å². The summed E-state index contributed by atoms with van der Waals surface area (Å²) >= 11 is 0. The molecule has 186 valence electrons. The normalized spacial score (nSPS) is 53.0. The van der Waals surface area contributed by atoms with Gasteiger partial charge in [-0.3, -0.25) is 4.79 Å². The summed E-state index contributed by atoms with van der Waals surface area (Å²) in [6, 6.07) is 0. The van der Waals surface area contributed by atoms with Crippen LogP contribution in [0.4, 0.5) is 0 Å². The molecule has 4 fully saturated rings. The molecule has 0 N–H and O–H groups in total. The minimum Gasteiger partial charge on any atom is -0.462 e. The lowest BCUT2D eigenvalue weighted by molar-refractivity contribution is -0.223. The Morgan fingerprint density at radius 1 is 0.909 bits per heavy atom. The molecule has 5 aliphatic carbocycles. The Bertz CT molecular complexity index is 840. The third-order valence-corrected chi connectivity index (χ3v) is 12.9. The lowest BCUT2D eigenvalue weighted by atomic mass is 9.35. The molecule has 0 spiro atoms. The molecule has 0 saturated heterocycles. The Balaban J connectivity index is 1.46. The third kappa shape index (κ3) is 3.27. The summed E-state index contributed by atoms with van der Waals surface area (Å²) in [5, 5.41) is 0. The summed E-state index contributed by atoms with van der Waals surface area (Å²) in [4.78, 5) is 11.8. The molecule has 10 atom stereocenters. The van der Waals surface area contributed by atoms with Gasteiger partial charge in [0, 0.05) is 12.3 Å². The smallest absolute Gasteiger partial charge is 0.302 e. The van der Waals surface area contributed by atoms with Gasteiger partial charge in [-0.2, -0.15) is 0 Å². The van der Waals surface area contributed by atoms with E-state index in [0.29, 0.717) is 22.2 Å². The van der Waals surface area contributed by atoms with E-state index in [9.17, 15) is 4.79 Å². The van der Waals surface area contributed by atoms with E-state index >= 15 is 0 Å². The van der Waals surface area contributed by atoms with Crippen LogP contribution < -0.4 is 0 Å². The minimum atomic E-state index is -0.103. The van der Waals surface area contributed by atoms with E-state index in [4.69, 9.17) is 4.74 Å². The molecule has 4 saturated carbocycles. The molecular weight excluding hydrogens is 404 g/mol. The van der Waals surface area contributed by atoms with Crippen molar-refractivity contribution >= 4 is 5.97 Å². The lowest BCUT2D eigenvalue weighted by Crippen LogP contribution is -2.64. The monoisotopic (exact) mass is 454 g/mol. The van der Waals surface area contributed by atoms with E-state index in [1.165, 1.54) is 51.4 Å². The van der Waals surface area contributed by atoms with Crippen molar-refractivity contribution < 1.29 is 9.53 Å². The van der Waals surface area contributed by atoms with Gasteiger partial charge in [0.25, 0.3) is 0 Å². The Morgan fingerprint density at radius 2 is 1.61 bits per heavy atom. The molecule has 0 heterocycles. The second kappa shape index (κ2) is 7.60. The van der Waals surface area contributed by atoms with Crippen LogP contribution in [0.3, 0.4) is 0 Å². The number of allylic oxidation sites excluding steroid dienone is 2. The first-order valence-corrected chi connectivity index (χ1v) is 14.2. The van der Waals surface area contributed by atoms with Crippen molar-refractivity contribution in [1.29, 1.82) is 0 Å².